The van der Waals surface area contributed by atoms with E-state index in [1.165, 1.54) is 0 Å². The first-order valence-corrected chi connectivity index (χ1v) is 7.03. The van der Waals surface area contributed by atoms with Crippen LogP contribution in [0.5, 0.6) is 0 Å². The molecule has 2 N–H and O–H groups in total. The van der Waals surface area contributed by atoms with Crippen LogP contribution in [0.4, 0.5) is 5.82 Å². The predicted octanol–water partition coefficient (Wildman–Crippen LogP) is 2.93. The van der Waals surface area contributed by atoms with Gasteiger partial charge in [0.25, 0.3) is 0 Å². The zero-order valence-corrected chi connectivity index (χ0v) is 11.7. The van der Waals surface area contributed by atoms with Gasteiger partial charge in [0.05, 0.1) is 5.69 Å². The third-order valence-corrected chi connectivity index (χ3v) is 3.83. The minimum Gasteiger partial charge on any atom is -0.383 e. The van der Waals surface area contributed by atoms with Crippen molar-refractivity contribution < 1.29 is 4.74 Å². The van der Waals surface area contributed by atoms with Gasteiger partial charge in [-0.2, -0.15) is 0 Å². The molecule has 0 atom stereocenters. The minimum absolute atomic E-state index is 0.356. The highest BCUT2D eigenvalue weighted by molar-refractivity contribution is 5.67. The molecule has 104 valence electrons. The Kier molecular flexibility index (Phi) is 3.65. The molecule has 1 saturated heterocycles. The van der Waals surface area contributed by atoms with Gasteiger partial charge in [0.2, 0.25) is 0 Å². The molecule has 0 amide bonds. The van der Waals surface area contributed by atoms with E-state index in [-0.39, 0.29) is 0 Å². The van der Waals surface area contributed by atoms with Crippen molar-refractivity contribution >= 4 is 5.82 Å². The van der Waals surface area contributed by atoms with Crippen molar-refractivity contribution in [1.29, 1.82) is 0 Å². The quantitative estimate of drug-likeness (QED) is 0.910. The van der Waals surface area contributed by atoms with Crippen molar-refractivity contribution in [2.45, 2.75) is 25.7 Å². The molecular formula is C16H19N3O. The highest BCUT2D eigenvalue weighted by atomic mass is 16.5. The summed E-state index contributed by atoms with van der Waals surface area (Å²) in [4.78, 5) is 9.27. The molecule has 0 spiro atoms. The van der Waals surface area contributed by atoms with Gasteiger partial charge in [-0.25, -0.2) is 9.97 Å². The second kappa shape index (κ2) is 5.59. The normalized spacial score (nSPS) is 16.2. The van der Waals surface area contributed by atoms with Crippen molar-refractivity contribution in [3.63, 3.8) is 0 Å². The summed E-state index contributed by atoms with van der Waals surface area (Å²) in [5.41, 5.74) is 9.07. The number of benzene rings is 1. The monoisotopic (exact) mass is 269 g/mol. The molecule has 3 rings (SSSR count). The highest BCUT2D eigenvalue weighted by Crippen LogP contribution is 2.29. The molecule has 4 nitrogen and oxygen atoms in total. The Morgan fingerprint density at radius 3 is 2.50 bits per heavy atom. The van der Waals surface area contributed by atoms with E-state index in [0.29, 0.717) is 11.7 Å². The fourth-order valence-corrected chi connectivity index (χ4v) is 2.57. The Balaban J connectivity index is 2.03. The molecule has 0 saturated carbocycles. The molecule has 2 heterocycles. The van der Waals surface area contributed by atoms with Crippen LogP contribution in [0.1, 0.15) is 30.1 Å². The first-order valence-electron chi connectivity index (χ1n) is 7.03. The van der Waals surface area contributed by atoms with Gasteiger partial charge < -0.3 is 10.5 Å². The Morgan fingerprint density at radius 1 is 1.10 bits per heavy atom. The molecule has 0 unspecified atom stereocenters. The lowest BCUT2D eigenvalue weighted by molar-refractivity contribution is 0.0836. The average Bonchev–Trinajstić information content (AvgIpc) is 2.51. The molecular weight excluding hydrogens is 250 g/mol. The third-order valence-electron chi connectivity index (χ3n) is 3.83. The summed E-state index contributed by atoms with van der Waals surface area (Å²) in [7, 11) is 0. The van der Waals surface area contributed by atoms with Gasteiger partial charge in [0.15, 0.2) is 0 Å². The van der Waals surface area contributed by atoms with E-state index in [1.54, 1.807) is 0 Å². The fourth-order valence-electron chi connectivity index (χ4n) is 2.57. The summed E-state index contributed by atoms with van der Waals surface area (Å²) in [6.45, 7) is 3.54. The lowest BCUT2D eigenvalue weighted by Gasteiger charge is -2.22. The molecule has 2 aromatic rings. The van der Waals surface area contributed by atoms with Crippen LogP contribution in [0, 0.1) is 6.92 Å². The van der Waals surface area contributed by atoms with Crippen LogP contribution in [0.25, 0.3) is 11.3 Å². The summed E-state index contributed by atoms with van der Waals surface area (Å²) in [6.07, 6.45) is 1.94. The van der Waals surface area contributed by atoms with Crippen LogP contribution in [0.2, 0.25) is 0 Å². The largest absolute Gasteiger partial charge is 0.383 e. The average molecular weight is 269 g/mol. The third kappa shape index (κ3) is 2.51. The summed E-state index contributed by atoms with van der Waals surface area (Å²) in [5, 5.41) is 0. The molecule has 1 aliphatic heterocycles. The first kappa shape index (κ1) is 13.1. The Labute approximate surface area is 119 Å². The number of hydrogen-bond donors (Lipinski definition) is 1. The maximum atomic E-state index is 6.08. The van der Waals surface area contributed by atoms with E-state index in [1.807, 2.05) is 25.1 Å². The number of ether oxygens (including phenoxy) is 1. The van der Waals surface area contributed by atoms with Crippen molar-refractivity contribution in [2.24, 2.45) is 0 Å². The summed E-state index contributed by atoms with van der Waals surface area (Å²) in [6, 6.07) is 10.1. The molecule has 0 aliphatic carbocycles. The maximum Gasteiger partial charge on any atom is 0.134 e. The molecule has 0 bridgehead atoms. The Morgan fingerprint density at radius 2 is 1.80 bits per heavy atom. The van der Waals surface area contributed by atoms with Gasteiger partial charge in [-0.3, -0.25) is 0 Å². The van der Waals surface area contributed by atoms with Crippen molar-refractivity contribution in [1.82, 2.24) is 9.97 Å². The molecule has 4 heteroatoms. The zero-order valence-electron chi connectivity index (χ0n) is 11.7. The van der Waals surface area contributed by atoms with Crippen molar-refractivity contribution in [2.75, 3.05) is 18.9 Å². The van der Waals surface area contributed by atoms with Gasteiger partial charge in [0, 0.05) is 30.3 Å². The van der Waals surface area contributed by atoms with Crippen LogP contribution in [-0.2, 0) is 4.74 Å². The van der Waals surface area contributed by atoms with Crippen LogP contribution in [0.3, 0.4) is 0 Å². The van der Waals surface area contributed by atoms with Gasteiger partial charge in [0.1, 0.15) is 11.6 Å². The molecule has 1 aliphatic rings. The number of aromatic nitrogens is 2. The molecule has 1 aromatic heterocycles. The van der Waals surface area contributed by atoms with Crippen molar-refractivity contribution in [3.05, 3.63) is 41.7 Å². The smallest absolute Gasteiger partial charge is 0.134 e. The first-order chi connectivity index (χ1) is 9.75. The summed E-state index contributed by atoms with van der Waals surface area (Å²) >= 11 is 0. The molecule has 1 fully saturated rings. The maximum absolute atomic E-state index is 6.08. The Bertz CT molecular complexity index is 592. The number of nitrogens with two attached hydrogens (primary N) is 1. The van der Waals surface area contributed by atoms with Crippen LogP contribution >= 0.6 is 0 Å². The molecule has 20 heavy (non-hydrogen) atoms. The van der Waals surface area contributed by atoms with E-state index in [9.17, 15) is 0 Å². The predicted molar refractivity (Wildman–Crippen MR) is 79.4 cm³/mol. The second-order valence-electron chi connectivity index (χ2n) is 5.19. The summed E-state index contributed by atoms with van der Waals surface area (Å²) < 4.78 is 5.40. The minimum atomic E-state index is 0.356. The van der Waals surface area contributed by atoms with E-state index >= 15 is 0 Å². The number of anilines is 1. The molecule has 1 aromatic carbocycles. The number of nitrogens with zero attached hydrogens (tertiary/aromatic N) is 2. The lowest BCUT2D eigenvalue weighted by atomic mass is 9.98. The van der Waals surface area contributed by atoms with Crippen LogP contribution in [-0.4, -0.2) is 23.2 Å². The van der Waals surface area contributed by atoms with E-state index in [0.717, 1.165) is 48.7 Å². The number of hydrogen-bond acceptors (Lipinski definition) is 4. The van der Waals surface area contributed by atoms with Gasteiger partial charge in [-0.05, 0) is 19.8 Å². The Hall–Kier alpha value is -1.94. The van der Waals surface area contributed by atoms with Gasteiger partial charge >= 0.3 is 0 Å². The lowest BCUT2D eigenvalue weighted by Crippen LogP contribution is -2.17. The standard InChI is InChI=1S/C16H19N3O/c1-11-14(12-5-3-2-4-6-12)18-16(19-15(11)17)13-7-9-20-10-8-13/h2-6,13H,7-10H2,1H3,(H2,17,18,19). The summed E-state index contributed by atoms with van der Waals surface area (Å²) in [5.74, 6) is 1.80. The highest BCUT2D eigenvalue weighted by Gasteiger charge is 2.21. The van der Waals surface area contributed by atoms with Gasteiger partial charge in [-0.15, -0.1) is 0 Å². The van der Waals surface area contributed by atoms with Crippen molar-refractivity contribution in [3.8, 4) is 11.3 Å². The topological polar surface area (TPSA) is 61.0 Å². The molecule has 0 radical (unpaired) electrons. The number of nitrogen functional groups attached to an aromatic ring is 1. The van der Waals surface area contributed by atoms with E-state index in [4.69, 9.17) is 15.5 Å². The van der Waals surface area contributed by atoms with E-state index in [2.05, 4.69) is 17.1 Å². The SMILES string of the molecule is Cc1c(N)nc(C2CCOCC2)nc1-c1ccccc1. The zero-order chi connectivity index (χ0) is 13.9. The fraction of sp³-hybridized carbons (Fsp3) is 0.375. The number of rotatable bonds is 2. The van der Waals surface area contributed by atoms with Crippen LogP contribution in [0.15, 0.2) is 30.3 Å². The van der Waals surface area contributed by atoms with E-state index < -0.39 is 0 Å². The van der Waals surface area contributed by atoms with Gasteiger partial charge in [-0.1, -0.05) is 30.3 Å². The van der Waals surface area contributed by atoms with Crippen LogP contribution < -0.4 is 5.73 Å². The second-order valence-corrected chi connectivity index (χ2v) is 5.19.